The molecule has 0 radical (unpaired) electrons. The molecule has 1 saturated carbocycles. The van der Waals surface area contributed by atoms with Gasteiger partial charge in [-0.15, -0.1) is 0 Å². The number of nitrogens with two attached hydrogens (primary N) is 1. The molecule has 2 rings (SSSR count). The van der Waals surface area contributed by atoms with Gasteiger partial charge in [-0.05, 0) is 43.9 Å². The minimum absolute atomic E-state index is 0.0689. The minimum Gasteiger partial charge on any atom is -0.336 e. The van der Waals surface area contributed by atoms with E-state index in [1.165, 1.54) is 6.92 Å². The van der Waals surface area contributed by atoms with Crippen molar-refractivity contribution in [2.24, 2.45) is 5.14 Å². The normalized spacial score (nSPS) is 15.0. The second-order valence-corrected chi connectivity index (χ2v) is 6.88. The fourth-order valence-electron chi connectivity index (χ4n) is 2.40. The van der Waals surface area contributed by atoms with Gasteiger partial charge in [0, 0.05) is 18.2 Å². The fraction of sp³-hybridized carbons (Fsp3) is 0.500. The lowest BCUT2D eigenvalue weighted by Crippen LogP contribution is -2.34. The number of halogens is 1. The van der Waals surface area contributed by atoms with Crippen molar-refractivity contribution in [3.8, 4) is 0 Å². The molecule has 0 saturated heterocycles. The second-order valence-electron chi connectivity index (χ2n) is 5.35. The Morgan fingerprint density at radius 1 is 1.43 bits per heavy atom. The Hall–Kier alpha value is -1.47. The zero-order chi connectivity index (χ0) is 15.8. The summed E-state index contributed by atoms with van der Waals surface area (Å²) in [7, 11) is -4.07. The molecule has 5 nitrogen and oxygen atoms in total. The van der Waals surface area contributed by atoms with Gasteiger partial charge in [0.25, 0.3) is 5.91 Å². The maximum absolute atomic E-state index is 13.7. The van der Waals surface area contributed by atoms with Gasteiger partial charge >= 0.3 is 0 Å². The number of carbonyl (C=O) groups is 1. The zero-order valence-corrected chi connectivity index (χ0v) is 12.9. The molecule has 0 spiro atoms. The summed E-state index contributed by atoms with van der Waals surface area (Å²) in [6.07, 6.45) is 2.66. The van der Waals surface area contributed by atoms with Gasteiger partial charge in [-0.25, -0.2) is 17.9 Å². The van der Waals surface area contributed by atoms with Crippen LogP contribution in [0, 0.1) is 12.7 Å². The summed E-state index contributed by atoms with van der Waals surface area (Å²) in [4.78, 5) is 13.9. The van der Waals surface area contributed by atoms with Crippen molar-refractivity contribution in [1.29, 1.82) is 0 Å². The monoisotopic (exact) mass is 314 g/mol. The van der Waals surface area contributed by atoms with Gasteiger partial charge in [-0.3, -0.25) is 4.79 Å². The standard InChI is InChI=1S/C14H19FN2O3S/c1-3-6-17(11-4-5-11)14(18)12-7-10(15)8-13(9(12)2)21(16,19)20/h7-8,11H,3-6H2,1-2H3,(H2,16,19,20). The molecule has 1 aliphatic rings. The van der Waals surface area contributed by atoms with Crippen molar-refractivity contribution in [3.05, 3.63) is 29.1 Å². The van der Waals surface area contributed by atoms with E-state index in [0.29, 0.717) is 6.54 Å². The van der Waals surface area contributed by atoms with Crippen molar-refractivity contribution in [2.45, 2.75) is 44.0 Å². The number of hydrogen-bond donors (Lipinski definition) is 1. The molecule has 0 aliphatic heterocycles. The Balaban J connectivity index is 2.48. The molecule has 21 heavy (non-hydrogen) atoms. The van der Waals surface area contributed by atoms with Crippen LogP contribution in [0.15, 0.2) is 17.0 Å². The highest BCUT2D eigenvalue weighted by Gasteiger charge is 2.33. The second kappa shape index (κ2) is 5.73. The predicted molar refractivity (Wildman–Crippen MR) is 76.9 cm³/mol. The van der Waals surface area contributed by atoms with Crippen LogP contribution in [0.4, 0.5) is 4.39 Å². The highest BCUT2D eigenvalue weighted by Crippen LogP contribution is 2.30. The first-order valence-electron chi connectivity index (χ1n) is 6.89. The van der Waals surface area contributed by atoms with E-state index >= 15 is 0 Å². The first-order chi connectivity index (χ1) is 9.75. The quantitative estimate of drug-likeness (QED) is 0.900. The van der Waals surface area contributed by atoms with E-state index in [1.54, 1.807) is 4.90 Å². The topological polar surface area (TPSA) is 80.5 Å². The molecule has 1 aliphatic carbocycles. The summed E-state index contributed by atoms with van der Waals surface area (Å²) < 4.78 is 36.7. The summed E-state index contributed by atoms with van der Waals surface area (Å²) in [6, 6.07) is 2.11. The lowest BCUT2D eigenvalue weighted by Gasteiger charge is -2.23. The van der Waals surface area contributed by atoms with Gasteiger partial charge < -0.3 is 4.90 Å². The summed E-state index contributed by atoms with van der Waals surface area (Å²) in [5.41, 5.74) is 0.269. The van der Waals surface area contributed by atoms with Gasteiger partial charge in [-0.2, -0.15) is 0 Å². The van der Waals surface area contributed by atoms with E-state index in [1.807, 2.05) is 6.92 Å². The van der Waals surface area contributed by atoms with Crippen molar-refractivity contribution >= 4 is 15.9 Å². The molecule has 1 amide bonds. The molecule has 1 aromatic carbocycles. The van der Waals surface area contributed by atoms with Gasteiger partial charge in [0.1, 0.15) is 5.82 Å². The highest BCUT2D eigenvalue weighted by molar-refractivity contribution is 7.89. The fourth-order valence-corrected chi connectivity index (χ4v) is 3.22. The van der Waals surface area contributed by atoms with Crippen molar-refractivity contribution in [2.75, 3.05) is 6.54 Å². The number of amides is 1. The number of benzene rings is 1. The maximum atomic E-state index is 13.7. The van der Waals surface area contributed by atoms with E-state index in [0.717, 1.165) is 31.4 Å². The Labute approximate surface area is 124 Å². The van der Waals surface area contributed by atoms with Gasteiger partial charge in [0.15, 0.2) is 0 Å². The third kappa shape index (κ3) is 3.41. The third-order valence-corrected chi connectivity index (χ3v) is 4.61. The Morgan fingerprint density at radius 2 is 2.05 bits per heavy atom. The molecular formula is C14H19FN2O3S. The van der Waals surface area contributed by atoms with Crippen LogP contribution in [0.1, 0.15) is 42.1 Å². The Kier molecular flexibility index (Phi) is 4.34. The molecular weight excluding hydrogens is 295 g/mol. The van der Waals surface area contributed by atoms with Crippen molar-refractivity contribution in [1.82, 2.24) is 4.90 Å². The molecule has 7 heteroatoms. The SMILES string of the molecule is CCCN(C(=O)c1cc(F)cc(S(N)(=O)=O)c1C)C1CC1. The molecule has 0 heterocycles. The van der Waals surface area contributed by atoms with Gasteiger partial charge in [0.2, 0.25) is 10.0 Å². The van der Waals surface area contributed by atoms with Crippen LogP contribution in [0.5, 0.6) is 0 Å². The Bertz CT molecular complexity index is 669. The van der Waals surface area contributed by atoms with E-state index in [-0.39, 0.29) is 28.0 Å². The van der Waals surface area contributed by atoms with E-state index in [9.17, 15) is 17.6 Å². The van der Waals surface area contributed by atoms with Crippen LogP contribution in [0.3, 0.4) is 0 Å². The third-order valence-electron chi connectivity index (χ3n) is 3.57. The van der Waals surface area contributed by atoms with E-state index < -0.39 is 15.8 Å². The van der Waals surface area contributed by atoms with Crippen LogP contribution in [0.25, 0.3) is 0 Å². The predicted octanol–water partition coefficient (Wildman–Crippen LogP) is 1.80. The molecule has 0 unspecified atom stereocenters. The average molecular weight is 314 g/mol. The summed E-state index contributed by atoms with van der Waals surface area (Å²) in [5.74, 6) is -1.11. The minimum atomic E-state index is -4.07. The number of nitrogens with zero attached hydrogens (tertiary/aromatic N) is 1. The number of hydrogen-bond acceptors (Lipinski definition) is 3. The lowest BCUT2D eigenvalue weighted by molar-refractivity contribution is 0.0741. The zero-order valence-electron chi connectivity index (χ0n) is 12.1. The summed E-state index contributed by atoms with van der Waals surface area (Å²) in [5, 5.41) is 5.08. The van der Waals surface area contributed by atoms with Gasteiger partial charge in [-0.1, -0.05) is 6.92 Å². The number of sulfonamides is 1. The molecule has 2 N–H and O–H groups in total. The van der Waals surface area contributed by atoms with Gasteiger partial charge in [0.05, 0.1) is 4.90 Å². The largest absolute Gasteiger partial charge is 0.336 e. The summed E-state index contributed by atoms with van der Waals surface area (Å²) >= 11 is 0. The molecule has 0 bridgehead atoms. The molecule has 0 aromatic heterocycles. The Morgan fingerprint density at radius 3 is 2.52 bits per heavy atom. The molecule has 1 aromatic rings. The van der Waals surface area contributed by atoms with E-state index in [4.69, 9.17) is 5.14 Å². The van der Waals surface area contributed by atoms with Crippen molar-refractivity contribution in [3.63, 3.8) is 0 Å². The first kappa shape index (κ1) is 15.9. The van der Waals surface area contributed by atoms with E-state index in [2.05, 4.69) is 0 Å². The maximum Gasteiger partial charge on any atom is 0.254 e. The average Bonchev–Trinajstić information content (AvgIpc) is 3.20. The van der Waals surface area contributed by atoms with Crippen LogP contribution >= 0.6 is 0 Å². The number of rotatable bonds is 5. The number of carbonyl (C=O) groups excluding carboxylic acids is 1. The van der Waals surface area contributed by atoms with Crippen LogP contribution in [-0.4, -0.2) is 31.8 Å². The van der Waals surface area contributed by atoms with Crippen LogP contribution in [0.2, 0.25) is 0 Å². The smallest absolute Gasteiger partial charge is 0.254 e. The summed E-state index contributed by atoms with van der Waals surface area (Å²) in [6.45, 7) is 4.00. The molecule has 0 atom stereocenters. The highest BCUT2D eigenvalue weighted by atomic mass is 32.2. The molecule has 1 fully saturated rings. The molecule has 116 valence electrons. The van der Waals surface area contributed by atoms with Crippen LogP contribution in [-0.2, 0) is 10.0 Å². The van der Waals surface area contributed by atoms with Crippen molar-refractivity contribution < 1.29 is 17.6 Å². The number of primary sulfonamides is 1. The lowest BCUT2D eigenvalue weighted by atomic mass is 10.1. The van der Waals surface area contributed by atoms with Crippen LogP contribution < -0.4 is 5.14 Å². The first-order valence-corrected chi connectivity index (χ1v) is 8.44.